The molecular formula is C17H17ClFN7O2. The molecule has 0 saturated carbocycles. The predicted molar refractivity (Wildman–Crippen MR) is 104 cm³/mol. The molecule has 28 heavy (non-hydrogen) atoms. The summed E-state index contributed by atoms with van der Waals surface area (Å²) in [7, 11) is 0. The van der Waals surface area contributed by atoms with Gasteiger partial charge in [0.1, 0.15) is 5.82 Å². The Labute approximate surface area is 164 Å². The number of carbonyl (C=O) groups is 1. The molecule has 0 unspecified atom stereocenters. The molecular weight excluding hydrogens is 389 g/mol. The number of imidazole rings is 1. The van der Waals surface area contributed by atoms with Gasteiger partial charge in [-0.05, 0) is 24.3 Å². The third kappa shape index (κ3) is 4.53. The Morgan fingerprint density at radius 3 is 2.89 bits per heavy atom. The maximum absolute atomic E-state index is 13.3. The number of amidine groups is 1. The molecule has 146 valence electrons. The Balaban J connectivity index is 1.89. The number of hydrogen-bond donors (Lipinski definition) is 5. The second kappa shape index (κ2) is 8.63. The van der Waals surface area contributed by atoms with E-state index in [-0.39, 0.29) is 16.8 Å². The predicted octanol–water partition coefficient (Wildman–Crippen LogP) is 2.36. The summed E-state index contributed by atoms with van der Waals surface area (Å²) in [4.78, 5) is 26.7. The standard InChI is InChI=1S/C17H17ClFN7O2/c1-9(27)20-6-7-22-17-24-14-11(4-5-21-16(14)25-17)15(26-28)23-10-2-3-13(19)12(18)8-10/h2-5,8,28H,6-7H2,1H3,(H,20,27)(H,23,26)(H2,21,22,24,25). The van der Waals surface area contributed by atoms with Gasteiger partial charge >= 0.3 is 0 Å². The van der Waals surface area contributed by atoms with Gasteiger partial charge in [-0.2, -0.15) is 4.98 Å². The van der Waals surface area contributed by atoms with E-state index in [4.69, 9.17) is 11.6 Å². The highest BCUT2D eigenvalue weighted by molar-refractivity contribution is 6.31. The second-order valence-corrected chi connectivity index (χ2v) is 6.13. The molecule has 3 aromatic rings. The van der Waals surface area contributed by atoms with Gasteiger partial charge in [0.2, 0.25) is 11.9 Å². The fourth-order valence-electron chi connectivity index (χ4n) is 2.44. The molecule has 0 fully saturated rings. The molecule has 0 saturated heterocycles. The van der Waals surface area contributed by atoms with Crippen molar-refractivity contribution in [2.24, 2.45) is 4.99 Å². The molecule has 0 bridgehead atoms. The summed E-state index contributed by atoms with van der Waals surface area (Å²) in [6, 6.07) is 5.59. The number of hydroxylamine groups is 1. The first-order valence-electron chi connectivity index (χ1n) is 8.25. The number of aromatic amines is 1. The second-order valence-electron chi connectivity index (χ2n) is 5.72. The van der Waals surface area contributed by atoms with Gasteiger partial charge in [-0.15, -0.1) is 0 Å². The number of nitrogens with one attached hydrogen (secondary N) is 4. The van der Waals surface area contributed by atoms with Crippen LogP contribution in [-0.4, -0.2) is 45.0 Å². The maximum atomic E-state index is 13.3. The number of benzene rings is 1. The molecule has 3 rings (SSSR count). The van der Waals surface area contributed by atoms with Gasteiger partial charge in [-0.1, -0.05) is 11.6 Å². The van der Waals surface area contributed by atoms with Crippen LogP contribution in [0.1, 0.15) is 12.5 Å². The summed E-state index contributed by atoms with van der Waals surface area (Å²) in [6.45, 7) is 2.33. The molecule has 0 aliphatic carbocycles. The molecule has 0 spiro atoms. The zero-order valence-corrected chi connectivity index (χ0v) is 15.5. The topological polar surface area (TPSA) is 127 Å². The van der Waals surface area contributed by atoms with E-state index in [1.807, 2.05) is 5.48 Å². The molecule has 0 aliphatic rings. The number of amides is 1. The number of nitrogens with zero attached hydrogens (tertiary/aromatic N) is 3. The third-order valence-electron chi connectivity index (χ3n) is 3.69. The zero-order valence-electron chi connectivity index (χ0n) is 14.8. The van der Waals surface area contributed by atoms with E-state index in [1.54, 1.807) is 6.07 Å². The monoisotopic (exact) mass is 405 g/mol. The smallest absolute Gasteiger partial charge is 0.216 e. The van der Waals surface area contributed by atoms with Crippen LogP contribution in [0.4, 0.5) is 16.0 Å². The Bertz CT molecular complexity index is 1040. The number of fused-ring (bicyclic) bond motifs is 1. The summed E-state index contributed by atoms with van der Waals surface area (Å²) < 4.78 is 13.3. The molecule has 0 aliphatic heterocycles. The van der Waals surface area contributed by atoms with Gasteiger partial charge in [0, 0.05) is 31.8 Å². The van der Waals surface area contributed by atoms with E-state index in [2.05, 4.69) is 30.6 Å². The first-order chi connectivity index (χ1) is 13.5. The minimum absolute atomic E-state index is 0.0781. The Morgan fingerprint density at radius 2 is 2.18 bits per heavy atom. The van der Waals surface area contributed by atoms with Crippen LogP contribution in [0.5, 0.6) is 0 Å². The summed E-state index contributed by atoms with van der Waals surface area (Å²) in [5.74, 6) is -0.133. The van der Waals surface area contributed by atoms with Crippen LogP contribution in [-0.2, 0) is 4.79 Å². The van der Waals surface area contributed by atoms with Crippen LogP contribution in [0.3, 0.4) is 0 Å². The van der Waals surface area contributed by atoms with Gasteiger partial charge < -0.3 is 15.6 Å². The number of H-pyrrole nitrogens is 1. The van der Waals surface area contributed by atoms with E-state index >= 15 is 0 Å². The fourth-order valence-corrected chi connectivity index (χ4v) is 2.62. The number of pyridine rings is 1. The van der Waals surface area contributed by atoms with Crippen molar-refractivity contribution in [3.8, 4) is 0 Å². The van der Waals surface area contributed by atoms with Crippen molar-refractivity contribution in [2.45, 2.75) is 6.92 Å². The van der Waals surface area contributed by atoms with Crippen molar-refractivity contribution in [1.82, 2.24) is 25.7 Å². The molecule has 9 nitrogen and oxygen atoms in total. The molecule has 11 heteroatoms. The van der Waals surface area contributed by atoms with Gasteiger partial charge in [0.05, 0.1) is 16.2 Å². The van der Waals surface area contributed by atoms with Gasteiger partial charge in [0.15, 0.2) is 11.5 Å². The van der Waals surface area contributed by atoms with E-state index in [0.717, 1.165) is 0 Å². The number of halogens is 2. The summed E-state index contributed by atoms with van der Waals surface area (Å²) in [6.07, 6.45) is 1.52. The fraction of sp³-hybridized carbons (Fsp3) is 0.176. The highest BCUT2D eigenvalue weighted by Crippen LogP contribution is 2.23. The number of carbonyl (C=O) groups excluding carboxylic acids is 1. The molecule has 0 radical (unpaired) electrons. The molecule has 0 atom stereocenters. The number of aromatic nitrogens is 3. The van der Waals surface area contributed by atoms with Crippen molar-refractivity contribution < 1.29 is 14.4 Å². The van der Waals surface area contributed by atoms with Crippen LogP contribution in [0.25, 0.3) is 11.2 Å². The van der Waals surface area contributed by atoms with Gasteiger partial charge in [-0.25, -0.2) is 14.4 Å². The van der Waals surface area contributed by atoms with Crippen molar-refractivity contribution in [1.29, 1.82) is 0 Å². The third-order valence-corrected chi connectivity index (χ3v) is 3.98. The van der Waals surface area contributed by atoms with Crippen molar-refractivity contribution >= 4 is 46.1 Å². The average molecular weight is 406 g/mol. The van der Waals surface area contributed by atoms with E-state index < -0.39 is 5.82 Å². The summed E-state index contributed by atoms with van der Waals surface area (Å²) >= 11 is 5.78. The lowest BCUT2D eigenvalue weighted by molar-refractivity contribution is -0.118. The lowest BCUT2D eigenvalue weighted by Gasteiger charge is -2.06. The maximum Gasteiger partial charge on any atom is 0.216 e. The summed E-state index contributed by atoms with van der Waals surface area (Å²) in [5.41, 5.74) is 3.81. The van der Waals surface area contributed by atoms with Crippen molar-refractivity contribution in [3.63, 3.8) is 0 Å². The van der Waals surface area contributed by atoms with Crippen LogP contribution in [0.2, 0.25) is 5.02 Å². The van der Waals surface area contributed by atoms with Gasteiger partial charge in [0.25, 0.3) is 0 Å². The molecule has 2 aromatic heterocycles. The Kier molecular flexibility index (Phi) is 6.02. The Morgan fingerprint density at radius 1 is 1.36 bits per heavy atom. The molecule has 1 amide bonds. The van der Waals surface area contributed by atoms with E-state index in [1.165, 1.54) is 31.3 Å². The van der Waals surface area contributed by atoms with E-state index in [0.29, 0.717) is 41.5 Å². The first-order valence-corrected chi connectivity index (χ1v) is 8.63. The molecule has 5 N–H and O–H groups in total. The molecule has 2 heterocycles. The summed E-state index contributed by atoms with van der Waals surface area (Å²) in [5, 5.41) is 15.2. The highest BCUT2D eigenvalue weighted by atomic mass is 35.5. The number of rotatable bonds is 6. The SMILES string of the molecule is CC(=O)NCCNc1nc2nccc(C(=Nc3ccc(F)c(Cl)c3)NO)c2[nH]1. The van der Waals surface area contributed by atoms with Crippen molar-refractivity contribution in [2.75, 3.05) is 18.4 Å². The van der Waals surface area contributed by atoms with Crippen LogP contribution < -0.4 is 16.1 Å². The normalized spacial score (nSPS) is 11.5. The number of anilines is 1. The lowest BCUT2D eigenvalue weighted by atomic mass is 10.2. The minimum Gasteiger partial charge on any atom is -0.355 e. The van der Waals surface area contributed by atoms with E-state index in [9.17, 15) is 14.4 Å². The quantitative estimate of drug-likeness (QED) is 0.185. The highest BCUT2D eigenvalue weighted by Gasteiger charge is 2.13. The van der Waals surface area contributed by atoms with Crippen LogP contribution in [0, 0.1) is 5.82 Å². The van der Waals surface area contributed by atoms with Crippen LogP contribution >= 0.6 is 11.6 Å². The lowest BCUT2D eigenvalue weighted by Crippen LogP contribution is -2.26. The average Bonchev–Trinajstić information content (AvgIpc) is 3.09. The van der Waals surface area contributed by atoms with Crippen molar-refractivity contribution in [3.05, 3.63) is 46.9 Å². The largest absolute Gasteiger partial charge is 0.355 e. The minimum atomic E-state index is -0.561. The number of hydrogen-bond acceptors (Lipinski definition) is 6. The molecule has 1 aromatic carbocycles. The zero-order chi connectivity index (χ0) is 20.1. The van der Waals surface area contributed by atoms with Crippen LogP contribution in [0.15, 0.2) is 35.5 Å². The number of aliphatic imine (C=N–C) groups is 1. The Hall–Kier alpha value is -3.24. The van der Waals surface area contributed by atoms with Gasteiger partial charge in [-0.3, -0.25) is 15.5 Å². The first kappa shape index (κ1) is 19.5.